The molecule has 0 radical (unpaired) electrons. The summed E-state index contributed by atoms with van der Waals surface area (Å²) in [7, 11) is 0. The molecule has 3 rings (SSSR count). The predicted molar refractivity (Wildman–Crippen MR) is 90.7 cm³/mol. The molecule has 1 aromatic heterocycles. The zero-order valence-electron chi connectivity index (χ0n) is 14.6. The number of carbonyl (C=O) groups is 2. The van der Waals surface area contributed by atoms with E-state index in [0.29, 0.717) is 30.4 Å². The van der Waals surface area contributed by atoms with Gasteiger partial charge in [-0.15, -0.1) is 0 Å². The van der Waals surface area contributed by atoms with Crippen molar-refractivity contribution in [2.24, 2.45) is 0 Å². The summed E-state index contributed by atoms with van der Waals surface area (Å²) in [6.45, 7) is 2.89. The van der Waals surface area contributed by atoms with Crippen LogP contribution in [0.3, 0.4) is 0 Å². The van der Waals surface area contributed by atoms with Gasteiger partial charge in [-0.1, -0.05) is 17.3 Å². The van der Waals surface area contributed by atoms with E-state index in [4.69, 9.17) is 4.52 Å². The lowest BCUT2D eigenvalue weighted by atomic mass is 9.97. The molecule has 1 aromatic carbocycles. The van der Waals surface area contributed by atoms with Gasteiger partial charge >= 0.3 is 0 Å². The van der Waals surface area contributed by atoms with Crippen molar-refractivity contribution >= 4 is 11.8 Å². The summed E-state index contributed by atoms with van der Waals surface area (Å²) in [4.78, 5) is 30.1. The Hall–Kier alpha value is -2.77. The van der Waals surface area contributed by atoms with Crippen LogP contribution in [0.4, 0.5) is 4.39 Å². The third kappa shape index (κ3) is 4.65. The molecule has 0 spiro atoms. The summed E-state index contributed by atoms with van der Waals surface area (Å²) >= 11 is 0. The zero-order valence-corrected chi connectivity index (χ0v) is 14.6. The Morgan fingerprint density at radius 2 is 2.12 bits per heavy atom. The van der Waals surface area contributed by atoms with Crippen molar-refractivity contribution in [2.75, 3.05) is 19.6 Å². The van der Waals surface area contributed by atoms with Crippen molar-refractivity contribution in [3.05, 3.63) is 47.4 Å². The van der Waals surface area contributed by atoms with Gasteiger partial charge < -0.3 is 14.7 Å². The van der Waals surface area contributed by atoms with Crippen LogP contribution < -0.4 is 5.32 Å². The van der Waals surface area contributed by atoms with E-state index in [1.165, 1.54) is 12.1 Å². The van der Waals surface area contributed by atoms with Crippen LogP contribution in [0.1, 0.15) is 36.0 Å². The molecular weight excluding hydrogens is 339 g/mol. The first-order valence-corrected chi connectivity index (χ1v) is 8.60. The lowest BCUT2D eigenvalue weighted by Crippen LogP contribution is -2.44. The third-order valence-corrected chi connectivity index (χ3v) is 4.43. The van der Waals surface area contributed by atoms with Gasteiger partial charge in [0.2, 0.25) is 17.7 Å². The summed E-state index contributed by atoms with van der Waals surface area (Å²) in [6.07, 6.45) is 1.55. The second-order valence-corrected chi connectivity index (χ2v) is 6.42. The number of hydrogen-bond acceptors (Lipinski definition) is 5. The van der Waals surface area contributed by atoms with Crippen LogP contribution >= 0.6 is 0 Å². The minimum Gasteiger partial charge on any atom is -0.347 e. The highest BCUT2D eigenvalue weighted by atomic mass is 19.1. The number of amides is 2. The smallest absolute Gasteiger partial charge is 0.241 e. The number of piperidine rings is 1. The lowest BCUT2D eigenvalue weighted by molar-refractivity contribution is -0.133. The van der Waals surface area contributed by atoms with E-state index < -0.39 is 0 Å². The maximum atomic E-state index is 13.1. The fourth-order valence-corrected chi connectivity index (χ4v) is 3.04. The van der Waals surface area contributed by atoms with Gasteiger partial charge in [-0.05, 0) is 37.5 Å². The van der Waals surface area contributed by atoms with Gasteiger partial charge in [0.1, 0.15) is 5.82 Å². The standard InChI is InChI=1S/C18H21FN4O3/c1-12-21-18(26-22-12)14-5-7-23(8-6-14)17(25)11-20-16(24)10-13-3-2-4-15(19)9-13/h2-4,9,14H,5-8,10-11H2,1H3,(H,20,24). The third-order valence-electron chi connectivity index (χ3n) is 4.43. The fourth-order valence-electron chi connectivity index (χ4n) is 3.04. The molecule has 0 saturated carbocycles. The highest BCUT2D eigenvalue weighted by Gasteiger charge is 2.27. The number of benzene rings is 1. The molecule has 1 N–H and O–H groups in total. The molecule has 0 aliphatic carbocycles. The van der Waals surface area contributed by atoms with Crippen LogP contribution in [-0.4, -0.2) is 46.5 Å². The van der Waals surface area contributed by atoms with E-state index in [1.807, 2.05) is 0 Å². The Bertz CT molecular complexity index is 784. The van der Waals surface area contributed by atoms with Gasteiger partial charge in [0, 0.05) is 19.0 Å². The van der Waals surface area contributed by atoms with Gasteiger partial charge in [0.05, 0.1) is 13.0 Å². The molecule has 8 heteroatoms. The number of likely N-dealkylation sites (tertiary alicyclic amines) is 1. The molecule has 1 aliphatic heterocycles. The van der Waals surface area contributed by atoms with Crippen molar-refractivity contribution in [3.8, 4) is 0 Å². The van der Waals surface area contributed by atoms with Crippen molar-refractivity contribution in [1.82, 2.24) is 20.4 Å². The predicted octanol–water partition coefficient (Wildman–Crippen LogP) is 1.58. The van der Waals surface area contributed by atoms with Crippen LogP contribution in [-0.2, 0) is 16.0 Å². The quantitative estimate of drug-likeness (QED) is 0.875. The van der Waals surface area contributed by atoms with Crippen molar-refractivity contribution in [1.29, 1.82) is 0 Å². The van der Waals surface area contributed by atoms with E-state index in [-0.39, 0.29) is 36.5 Å². The van der Waals surface area contributed by atoms with Crippen LogP contribution in [0.15, 0.2) is 28.8 Å². The Morgan fingerprint density at radius 1 is 1.35 bits per heavy atom. The van der Waals surface area contributed by atoms with Crippen molar-refractivity contribution in [3.63, 3.8) is 0 Å². The molecule has 0 unspecified atom stereocenters. The first kappa shape index (κ1) is 18.0. The van der Waals surface area contributed by atoms with Crippen LogP contribution in [0, 0.1) is 12.7 Å². The Morgan fingerprint density at radius 3 is 2.77 bits per heavy atom. The average Bonchev–Trinajstić information content (AvgIpc) is 3.06. The zero-order chi connectivity index (χ0) is 18.5. The first-order chi connectivity index (χ1) is 12.5. The molecule has 0 bridgehead atoms. The van der Waals surface area contributed by atoms with E-state index in [9.17, 15) is 14.0 Å². The summed E-state index contributed by atoms with van der Waals surface area (Å²) < 4.78 is 18.3. The Labute approximate surface area is 150 Å². The number of carbonyl (C=O) groups excluding carboxylic acids is 2. The summed E-state index contributed by atoms with van der Waals surface area (Å²) in [5.74, 6) is 0.587. The van der Waals surface area contributed by atoms with Gasteiger partial charge in [0.15, 0.2) is 5.82 Å². The molecule has 1 fully saturated rings. The second kappa shape index (κ2) is 8.07. The number of rotatable bonds is 5. The number of nitrogens with one attached hydrogen (secondary N) is 1. The van der Waals surface area contributed by atoms with Gasteiger partial charge in [-0.25, -0.2) is 4.39 Å². The highest BCUT2D eigenvalue weighted by Crippen LogP contribution is 2.26. The number of hydrogen-bond donors (Lipinski definition) is 1. The molecule has 2 amide bonds. The molecule has 138 valence electrons. The molecule has 7 nitrogen and oxygen atoms in total. The van der Waals surface area contributed by atoms with Crippen LogP contribution in [0.5, 0.6) is 0 Å². The topological polar surface area (TPSA) is 88.3 Å². The number of nitrogens with zero attached hydrogens (tertiary/aromatic N) is 3. The fraction of sp³-hybridized carbons (Fsp3) is 0.444. The molecule has 2 aromatic rings. The minimum absolute atomic E-state index is 0.0453. The SMILES string of the molecule is Cc1noc(C2CCN(C(=O)CNC(=O)Cc3cccc(F)c3)CC2)n1. The molecule has 1 saturated heterocycles. The number of aryl methyl sites for hydroxylation is 1. The van der Waals surface area contributed by atoms with Crippen LogP contribution in [0.2, 0.25) is 0 Å². The van der Waals surface area contributed by atoms with Crippen molar-refractivity contribution in [2.45, 2.75) is 32.1 Å². The van der Waals surface area contributed by atoms with Crippen molar-refractivity contribution < 1.29 is 18.5 Å². The van der Waals surface area contributed by atoms with E-state index in [2.05, 4.69) is 15.5 Å². The highest BCUT2D eigenvalue weighted by molar-refractivity contribution is 5.85. The van der Waals surface area contributed by atoms with E-state index >= 15 is 0 Å². The summed E-state index contributed by atoms with van der Waals surface area (Å²) in [5.41, 5.74) is 0.575. The summed E-state index contributed by atoms with van der Waals surface area (Å²) in [6, 6.07) is 5.86. The lowest BCUT2D eigenvalue weighted by Gasteiger charge is -2.30. The van der Waals surface area contributed by atoms with E-state index in [0.717, 1.165) is 12.8 Å². The molecule has 26 heavy (non-hydrogen) atoms. The molecule has 1 aliphatic rings. The maximum Gasteiger partial charge on any atom is 0.241 e. The molecule has 2 heterocycles. The largest absolute Gasteiger partial charge is 0.347 e. The Kier molecular flexibility index (Phi) is 5.60. The van der Waals surface area contributed by atoms with Crippen LogP contribution in [0.25, 0.3) is 0 Å². The number of halogens is 1. The second-order valence-electron chi connectivity index (χ2n) is 6.42. The van der Waals surface area contributed by atoms with Gasteiger partial charge in [0.25, 0.3) is 0 Å². The number of aromatic nitrogens is 2. The first-order valence-electron chi connectivity index (χ1n) is 8.60. The summed E-state index contributed by atoms with van der Waals surface area (Å²) in [5, 5.41) is 6.40. The molecule has 0 atom stereocenters. The van der Waals surface area contributed by atoms with Gasteiger partial charge in [-0.3, -0.25) is 9.59 Å². The monoisotopic (exact) mass is 360 g/mol. The minimum atomic E-state index is -0.384. The maximum absolute atomic E-state index is 13.1. The normalized spacial score (nSPS) is 15.1. The van der Waals surface area contributed by atoms with E-state index in [1.54, 1.807) is 24.0 Å². The van der Waals surface area contributed by atoms with Gasteiger partial charge in [-0.2, -0.15) is 4.98 Å². The molecular formula is C18H21FN4O3. The Balaban J connectivity index is 1.42. The average molecular weight is 360 g/mol.